The number of nitrogens with one attached hydrogen (secondary N) is 1. The van der Waals surface area contributed by atoms with Crippen molar-refractivity contribution < 1.29 is 0 Å². The van der Waals surface area contributed by atoms with Crippen molar-refractivity contribution in [3.63, 3.8) is 0 Å². The molecule has 0 radical (unpaired) electrons. The van der Waals surface area contributed by atoms with Crippen molar-refractivity contribution in [2.45, 2.75) is 84.2 Å². The van der Waals surface area contributed by atoms with Gasteiger partial charge < -0.3 is 5.32 Å². The van der Waals surface area contributed by atoms with E-state index < -0.39 is 0 Å². The highest BCUT2D eigenvalue weighted by Gasteiger charge is 2.31. The van der Waals surface area contributed by atoms with Crippen LogP contribution in [0.4, 0.5) is 0 Å². The lowest BCUT2D eigenvalue weighted by molar-refractivity contribution is 0.0616. The van der Waals surface area contributed by atoms with Gasteiger partial charge in [-0.25, -0.2) is 0 Å². The van der Waals surface area contributed by atoms with Crippen molar-refractivity contribution in [1.29, 1.82) is 0 Å². The van der Waals surface area contributed by atoms with Crippen molar-refractivity contribution >= 4 is 0 Å². The minimum absolute atomic E-state index is 0.770. The second-order valence-electron chi connectivity index (χ2n) is 7.52. The molecule has 2 fully saturated rings. The molecule has 1 N–H and O–H groups in total. The molecule has 20 heavy (non-hydrogen) atoms. The minimum atomic E-state index is 0.770. The van der Waals surface area contributed by atoms with Gasteiger partial charge in [0.1, 0.15) is 0 Å². The molecular weight excluding hydrogens is 244 g/mol. The molecule has 0 spiro atoms. The maximum absolute atomic E-state index is 3.70. The second kappa shape index (κ2) is 8.38. The Morgan fingerprint density at radius 3 is 2.45 bits per heavy atom. The normalized spacial score (nSPS) is 32.7. The third-order valence-electron chi connectivity index (χ3n) is 5.47. The molecule has 1 aliphatic carbocycles. The molecule has 2 nitrogen and oxygen atoms in total. The zero-order valence-corrected chi connectivity index (χ0v) is 14.0. The Morgan fingerprint density at radius 2 is 1.80 bits per heavy atom. The molecule has 1 saturated carbocycles. The number of piperidine rings is 1. The predicted molar refractivity (Wildman–Crippen MR) is 88.1 cm³/mol. The lowest BCUT2D eigenvalue weighted by Gasteiger charge is -2.44. The Bertz CT molecular complexity index is 256. The molecule has 0 aromatic carbocycles. The molecule has 2 aliphatic rings. The Balaban J connectivity index is 1.80. The van der Waals surface area contributed by atoms with E-state index in [9.17, 15) is 0 Å². The average molecular weight is 281 g/mol. The Labute approximate surface area is 126 Å². The van der Waals surface area contributed by atoms with E-state index in [2.05, 4.69) is 31.0 Å². The van der Waals surface area contributed by atoms with Gasteiger partial charge in [0.25, 0.3) is 0 Å². The first-order valence-corrected chi connectivity index (χ1v) is 9.17. The third kappa shape index (κ3) is 4.73. The highest BCUT2D eigenvalue weighted by molar-refractivity contribution is 4.87. The summed E-state index contributed by atoms with van der Waals surface area (Å²) in [5.41, 5.74) is 0. The smallest absolute Gasteiger partial charge is 0.0223 e. The van der Waals surface area contributed by atoms with Crippen LogP contribution in [-0.2, 0) is 0 Å². The highest BCUT2D eigenvalue weighted by atomic mass is 15.2. The lowest BCUT2D eigenvalue weighted by atomic mass is 9.82. The molecule has 0 amide bonds. The van der Waals surface area contributed by atoms with Gasteiger partial charge in [0.05, 0.1) is 0 Å². The highest BCUT2D eigenvalue weighted by Crippen LogP contribution is 2.32. The molecule has 2 heteroatoms. The van der Waals surface area contributed by atoms with E-state index in [-0.39, 0.29) is 0 Å². The summed E-state index contributed by atoms with van der Waals surface area (Å²) >= 11 is 0. The largest absolute Gasteiger partial charge is 0.315 e. The summed E-state index contributed by atoms with van der Waals surface area (Å²) < 4.78 is 0. The summed E-state index contributed by atoms with van der Waals surface area (Å²) in [6.45, 7) is 10.7. The fourth-order valence-corrected chi connectivity index (χ4v) is 4.15. The first kappa shape index (κ1) is 16.3. The van der Waals surface area contributed by atoms with Crippen LogP contribution in [0.1, 0.15) is 72.1 Å². The molecule has 0 aromatic rings. The first-order chi connectivity index (χ1) is 9.70. The number of nitrogens with zero attached hydrogens (tertiary/aromatic N) is 1. The van der Waals surface area contributed by atoms with Gasteiger partial charge in [-0.3, -0.25) is 4.90 Å². The monoisotopic (exact) mass is 280 g/mol. The zero-order chi connectivity index (χ0) is 14.4. The van der Waals surface area contributed by atoms with Crippen LogP contribution in [0, 0.1) is 11.8 Å². The maximum atomic E-state index is 3.70. The van der Waals surface area contributed by atoms with Gasteiger partial charge in [-0.2, -0.15) is 0 Å². The van der Waals surface area contributed by atoms with Crippen LogP contribution in [0.15, 0.2) is 0 Å². The predicted octanol–water partition coefficient (Wildman–Crippen LogP) is 4.06. The SMILES string of the molecule is CCC1CCC(N2CCCCC2CNCC(C)C)CC1. The summed E-state index contributed by atoms with van der Waals surface area (Å²) in [5, 5.41) is 3.70. The number of rotatable bonds is 6. The van der Waals surface area contributed by atoms with Gasteiger partial charge in [-0.05, 0) is 63.5 Å². The van der Waals surface area contributed by atoms with Gasteiger partial charge in [0, 0.05) is 18.6 Å². The fraction of sp³-hybridized carbons (Fsp3) is 1.00. The molecule has 1 atom stereocenters. The molecule has 118 valence electrons. The average Bonchev–Trinajstić information content (AvgIpc) is 2.47. The van der Waals surface area contributed by atoms with Crippen LogP contribution in [0.2, 0.25) is 0 Å². The molecule has 1 saturated heterocycles. The van der Waals surface area contributed by atoms with Gasteiger partial charge in [-0.1, -0.05) is 33.6 Å². The number of hydrogen-bond donors (Lipinski definition) is 1. The van der Waals surface area contributed by atoms with Crippen LogP contribution >= 0.6 is 0 Å². The van der Waals surface area contributed by atoms with Crippen molar-refractivity contribution in [3.05, 3.63) is 0 Å². The fourth-order valence-electron chi connectivity index (χ4n) is 4.15. The summed E-state index contributed by atoms with van der Waals surface area (Å²) in [5.74, 6) is 1.79. The topological polar surface area (TPSA) is 15.3 Å². The molecule has 0 aromatic heterocycles. The van der Waals surface area contributed by atoms with Crippen molar-refractivity contribution in [2.24, 2.45) is 11.8 Å². The summed E-state index contributed by atoms with van der Waals surface area (Å²) in [6, 6.07) is 1.70. The minimum Gasteiger partial charge on any atom is -0.315 e. The molecule has 2 rings (SSSR count). The summed E-state index contributed by atoms with van der Waals surface area (Å²) in [4.78, 5) is 2.88. The Morgan fingerprint density at radius 1 is 1.05 bits per heavy atom. The lowest BCUT2D eigenvalue weighted by Crippen LogP contribution is -2.51. The van der Waals surface area contributed by atoms with Crippen LogP contribution in [0.3, 0.4) is 0 Å². The maximum Gasteiger partial charge on any atom is 0.0223 e. The number of likely N-dealkylation sites (tertiary alicyclic amines) is 1. The molecule has 1 aliphatic heterocycles. The van der Waals surface area contributed by atoms with Gasteiger partial charge in [-0.15, -0.1) is 0 Å². The Kier molecular flexibility index (Phi) is 6.83. The first-order valence-electron chi connectivity index (χ1n) is 9.17. The standard InChI is InChI=1S/C18H36N2/c1-4-16-8-10-17(11-9-16)20-12-6-5-7-18(20)14-19-13-15(2)3/h15-19H,4-14H2,1-3H3. The van der Waals surface area contributed by atoms with Crippen LogP contribution < -0.4 is 5.32 Å². The molecular formula is C18H36N2. The second-order valence-corrected chi connectivity index (χ2v) is 7.52. The summed E-state index contributed by atoms with van der Waals surface area (Å²) in [7, 11) is 0. The van der Waals surface area contributed by atoms with Crippen LogP contribution in [0.5, 0.6) is 0 Å². The van der Waals surface area contributed by atoms with Crippen LogP contribution in [0.25, 0.3) is 0 Å². The van der Waals surface area contributed by atoms with E-state index in [1.807, 2.05) is 0 Å². The number of hydrogen-bond acceptors (Lipinski definition) is 2. The van der Waals surface area contributed by atoms with Crippen molar-refractivity contribution in [3.8, 4) is 0 Å². The quantitative estimate of drug-likeness (QED) is 0.789. The molecule has 1 unspecified atom stereocenters. The van der Waals surface area contributed by atoms with Gasteiger partial charge >= 0.3 is 0 Å². The molecule has 1 heterocycles. The van der Waals surface area contributed by atoms with E-state index in [1.54, 1.807) is 0 Å². The van der Waals surface area contributed by atoms with E-state index in [1.165, 1.54) is 71.0 Å². The van der Waals surface area contributed by atoms with Crippen molar-refractivity contribution in [2.75, 3.05) is 19.6 Å². The molecule has 0 bridgehead atoms. The zero-order valence-electron chi connectivity index (χ0n) is 14.0. The Hall–Kier alpha value is -0.0800. The van der Waals surface area contributed by atoms with E-state index in [0.717, 1.165) is 23.9 Å². The summed E-state index contributed by atoms with van der Waals surface area (Å²) in [6.07, 6.45) is 11.5. The van der Waals surface area contributed by atoms with E-state index in [4.69, 9.17) is 0 Å². The van der Waals surface area contributed by atoms with Crippen molar-refractivity contribution in [1.82, 2.24) is 10.2 Å². The van der Waals surface area contributed by atoms with Gasteiger partial charge in [0.15, 0.2) is 0 Å². The van der Waals surface area contributed by atoms with Gasteiger partial charge in [0.2, 0.25) is 0 Å². The van der Waals surface area contributed by atoms with Crippen LogP contribution in [-0.4, -0.2) is 36.6 Å². The third-order valence-corrected chi connectivity index (χ3v) is 5.47. The van der Waals surface area contributed by atoms with E-state index >= 15 is 0 Å². The van der Waals surface area contributed by atoms with E-state index in [0.29, 0.717) is 0 Å².